The molecule has 132 valence electrons. The summed E-state index contributed by atoms with van der Waals surface area (Å²) in [5.41, 5.74) is 3.32. The average molecular weight is 349 g/mol. The molecule has 1 N–H and O–H groups in total. The van der Waals surface area contributed by atoms with Crippen LogP contribution in [-0.4, -0.2) is 40.1 Å². The second-order valence-corrected chi connectivity index (χ2v) is 8.93. The number of nitrogens with zero attached hydrogens (tertiary/aromatic N) is 2. The first-order valence-electron chi connectivity index (χ1n) is 9.58. The summed E-state index contributed by atoms with van der Waals surface area (Å²) in [7, 11) is 0. The summed E-state index contributed by atoms with van der Waals surface area (Å²) in [6.45, 7) is 1.74. The van der Waals surface area contributed by atoms with Gasteiger partial charge in [0.2, 0.25) is 0 Å². The van der Waals surface area contributed by atoms with Gasteiger partial charge in [-0.25, -0.2) is 4.98 Å². The number of piperidine rings is 1. The third kappa shape index (κ3) is 3.13. The molecule has 2 heterocycles. The van der Waals surface area contributed by atoms with Crippen LogP contribution in [0.3, 0.4) is 0 Å². The molecule has 4 rings (SSSR count). The van der Waals surface area contributed by atoms with Crippen molar-refractivity contribution < 1.29 is 9.90 Å². The van der Waals surface area contributed by atoms with Gasteiger partial charge in [0.15, 0.2) is 0 Å². The van der Waals surface area contributed by atoms with Crippen molar-refractivity contribution in [3.05, 3.63) is 16.1 Å². The molecule has 2 aliphatic carbocycles. The zero-order chi connectivity index (χ0) is 16.6. The van der Waals surface area contributed by atoms with E-state index in [1.54, 1.807) is 0 Å². The first-order chi connectivity index (χ1) is 11.7. The van der Waals surface area contributed by atoms with Gasteiger partial charge in [-0.2, -0.15) is 0 Å². The van der Waals surface area contributed by atoms with Crippen molar-refractivity contribution in [1.29, 1.82) is 0 Å². The van der Waals surface area contributed by atoms with E-state index in [1.807, 2.05) is 5.51 Å². The van der Waals surface area contributed by atoms with Crippen LogP contribution in [0, 0.1) is 5.41 Å². The van der Waals surface area contributed by atoms with Gasteiger partial charge in [-0.3, -0.25) is 4.79 Å². The zero-order valence-corrected chi connectivity index (χ0v) is 15.2. The fourth-order valence-corrected chi connectivity index (χ4v) is 5.79. The minimum Gasteiger partial charge on any atom is -0.393 e. The van der Waals surface area contributed by atoms with E-state index in [4.69, 9.17) is 0 Å². The molecule has 0 radical (unpaired) electrons. The molecule has 3 aliphatic rings. The summed E-state index contributed by atoms with van der Waals surface area (Å²) in [6.07, 6.45) is 11.2. The summed E-state index contributed by atoms with van der Waals surface area (Å²) >= 11 is 1.53. The van der Waals surface area contributed by atoms with E-state index >= 15 is 0 Å². The van der Waals surface area contributed by atoms with Gasteiger partial charge in [-0.05, 0) is 56.8 Å². The van der Waals surface area contributed by atoms with Gasteiger partial charge in [0.25, 0.3) is 5.91 Å². The van der Waals surface area contributed by atoms with Crippen molar-refractivity contribution in [1.82, 2.24) is 9.88 Å². The molecule has 0 bridgehead atoms. The van der Waals surface area contributed by atoms with E-state index in [0.29, 0.717) is 11.3 Å². The Kier molecular flexibility index (Phi) is 4.65. The Labute approximate surface area is 148 Å². The summed E-state index contributed by atoms with van der Waals surface area (Å²) < 4.78 is 0. The Hall–Kier alpha value is -0.940. The topological polar surface area (TPSA) is 53.4 Å². The highest BCUT2D eigenvalue weighted by molar-refractivity contribution is 7.11. The van der Waals surface area contributed by atoms with E-state index in [2.05, 4.69) is 9.88 Å². The van der Waals surface area contributed by atoms with Crippen molar-refractivity contribution in [3.8, 4) is 0 Å². The van der Waals surface area contributed by atoms with Crippen LogP contribution >= 0.6 is 11.3 Å². The number of aromatic nitrogens is 1. The van der Waals surface area contributed by atoms with Crippen molar-refractivity contribution in [2.75, 3.05) is 13.1 Å². The van der Waals surface area contributed by atoms with Crippen LogP contribution in [0.5, 0.6) is 0 Å². The maximum Gasteiger partial charge on any atom is 0.265 e. The molecular weight excluding hydrogens is 320 g/mol. The fourth-order valence-electron chi connectivity index (χ4n) is 4.95. The standard InChI is InChI=1S/C19H28N2O2S/c22-15-5-7-19(8-6-15)9-11-21(12-10-19)18(23)17-16(20-13-24-17)14-3-1-2-4-14/h13-15,22H,1-12H2. The van der Waals surface area contributed by atoms with Gasteiger partial charge in [0.05, 0.1) is 17.3 Å². The normalized spacial score (nSPS) is 25.5. The SMILES string of the molecule is O=C(c1scnc1C1CCCC1)N1CCC2(CCC(O)CC2)CC1. The van der Waals surface area contributed by atoms with Crippen LogP contribution in [0.4, 0.5) is 0 Å². The average Bonchev–Trinajstić information content (AvgIpc) is 3.28. The number of hydrogen-bond donors (Lipinski definition) is 1. The third-order valence-electron chi connectivity index (χ3n) is 6.66. The molecule has 1 aromatic heterocycles. The van der Waals surface area contributed by atoms with E-state index in [-0.39, 0.29) is 12.0 Å². The van der Waals surface area contributed by atoms with Crippen LogP contribution < -0.4 is 0 Å². The first kappa shape index (κ1) is 16.5. The number of rotatable bonds is 2. The van der Waals surface area contributed by atoms with E-state index in [0.717, 1.165) is 62.2 Å². The Balaban J connectivity index is 1.41. The number of amides is 1. The quantitative estimate of drug-likeness (QED) is 0.880. The predicted octanol–water partition coefficient (Wildman–Crippen LogP) is 3.96. The van der Waals surface area contributed by atoms with Gasteiger partial charge in [0, 0.05) is 19.0 Å². The second kappa shape index (κ2) is 6.75. The summed E-state index contributed by atoms with van der Waals surface area (Å²) in [5.74, 6) is 0.719. The summed E-state index contributed by atoms with van der Waals surface area (Å²) in [4.78, 5) is 20.5. The second-order valence-electron chi connectivity index (χ2n) is 8.07. The lowest BCUT2D eigenvalue weighted by atomic mass is 9.67. The monoisotopic (exact) mass is 348 g/mol. The van der Waals surface area contributed by atoms with Gasteiger partial charge < -0.3 is 10.0 Å². The van der Waals surface area contributed by atoms with Gasteiger partial charge in [-0.1, -0.05) is 12.8 Å². The number of carbonyl (C=O) groups excluding carboxylic acids is 1. The fraction of sp³-hybridized carbons (Fsp3) is 0.789. The highest BCUT2D eigenvalue weighted by Gasteiger charge is 2.39. The van der Waals surface area contributed by atoms with Crippen molar-refractivity contribution in [2.24, 2.45) is 5.41 Å². The number of hydrogen-bond acceptors (Lipinski definition) is 4. The highest BCUT2D eigenvalue weighted by atomic mass is 32.1. The largest absolute Gasteiger partial charge is 0.393 e. The molecule has 1 amide bonds. The number of aliphatic hydroxyl groups is 1. The number of likely N-dealkylation sites (tertiary alicyclic amines) is 1. The number of aliphatic hydroxyl groups excluding tert-OH is 1. The minimum absolute atomic E-state index is 0.0959. The molecule has 0 atom stereocenters. The Morgan fingerprint density at radius 1 is 1.12 bits per heavy atom. The molecule has 1 aromatic rings. The van der Waals surface area contributed by atoms with Gasteiger partial charge in [0.1, 0.15) is 4.88 Å². The molecule has 4 nitrogen and oxygen atoms in total. The van der Waals surface area contributed by atoms with Crippen LogP contribution in [-0.2, 0) is 0 Å². The molecule has 24 heavy (non-hydrogen) atoms. The molecule has 5 heteroatoms. The summed E-state index contributed by atoms with van der Waals surface area (Å²) in [6, 6.07) is 0. The van der Waals surface area contributed by atoms with Gasteiger partial charge in [-0.15, -0.1) is 11.3 Å². The van der Waals surface area contributed by atoms with Crippen molar-refractivity contribution in [2.45, 2.75) is 76.2 Å². The smallest absolute Gasteiger partial charge is 0.265 e. The highest BCUT2D eigenvalue weighted by Crippen LogP contribution is 2.45. The lowest BCUT2D eigenvalue weighted by molar-refractivity contribution is 0.0169. The van der Waals surface area contributed by atoms with Crippen molar-refractivity contribution >= 4 is 17.2 Å². The molecule has 2 saturated carbocycles. The molecule has 1 aliphatic heterocycles. The van der Waals surface area contributed by atoms with E-state index in [1.165, 1.54) is 37.0 Å². The van der Waals surface area contributed by atoms with Crippen LogP contribution in [0.1, 0.15) is 85.5 Å². The molecular formula is C19H28N2O2S. The number of carbonyl (C=O) groups is 1. The molecule has 3 fully saturated rings. The molecule has 1 saturated heterocycles. The summed E-state index contributed by atoms with van der Waals surface area (Å²) in [5, 5.41) is 9.75. The van der Waals surface area contributed by atoms with Crippen molar-refractivity contribution in [3.63, 3.8) is 0 Å². The zero-order valence-electron chi connectivity index (χ0n) is 14.4. The molecule has 1 spiro atoms. The van der Waals surface area contributed by atoms with Crippen LogP contribution in [0.2, 0.25) is 0 Å². The van der Waals surface area contributed by atoms with E-state index < -0.39 is 0 Å². The van der Waals surface area contributed by atoms with Crippen LogP contribution in [0.25, 0.3) is 0 Å². The lowest BCUT2D eigenvalue weighted by Gasteiger charge is -2.45. The third-order valence-corrected chi connectivity index (χ3v) is 7.49. The maximum atomic E-state index is 13.0. The molecule has 0 aromatic carbocycles. The Morgan fingerprint density at radius 2 is 1.79 bits per heavy atom. The molecule has 0 unspecified atom stereocenters. The van der Waals surface area contributed by atoms with Gasteiger partial charge >= 0.3 is 0 Å². The minimum atomic E-state index is -0.0959. The Morgan fingerprint density at radius 3 is 2.46 bits per heavy atom. The predicted molar refractivity (Wildman–Crippen MR) is 95.4 cm³/mol. The van der Waals surface area contributed by atoms with Crippen LogP contribution in [0.15, 0.2) is 5.51 Å². The first-order valence-corrected chi connectivity index (χ1v) is 10.5. The maximum absolute atomic E-state index is 13.0. The number of thiazole rings is 1. The Bertz CT molecular complexity index is 576. The van der Waals surface area contributed by atoms with E-state index in [9.17, 15) is 9.90 Å². The lowest BCUT2D eigenvalue weighted by Crippen LogP contribution is -2.45.